The molecule has 6 nitrogen and oxygen atoms in total. The van der Waals surface area contributed by atoms with Crippen LogP contribution in [0.5, 0.6) is 5.75 Å². The van der Waals surface area contributed by atoms with Gasteiger partial charge in [0.05, 0.1) is 18.8 Å². The molecule has 0 saturated carbocycles. The monoisotopic (exact) mass is 379 g/mol. The molecule has 0 atom stereocenters. The molecule has 0 aliphatic carbocycles. The Morgan fingerprint density at radius 2 is 1.82 bits per heavy atom. The largest absolute Gasteiger partial charge is 0.491 e. The van der Waals surface area contributed by atoms with Gasteiger partial charge in [0.15, 0.2) is 0 Å². The number of amides is 2. The Morgan fingerprint density at radius 3 is 2.54 bits per heavy atom. The average Bonchev–Trinajstić information content (AvgIpc) is 3.04. The van der Waals surface area contributed by atoms with Crippen molar-refractivity contribution in [2.75, 3.05) is 20.2 Å². The average molecular weight is 379 g/mol. The summed E-state index contributed by atoms with van der Waals surface area (Å²) in [6.07, 6.45) is 0. The molecule has 6 heteroatoms. The Hall–Kier alpha value is -3.28. The molecule has 1 N–H and O–H groups in total. The molecule has 1 heterocycles. The molecule has 28 heavy (non-hydrogen) atoms. The summed E-state index contributed by atoms with van der Waals surface area (Å²) in [5.74, 6) is 1.53. The number of benzene rings is 2. The van der Waals surface area contributed by atoms with E-state index in [4.69, 9.17) is 9.26 Å². The summed E-state index contributed by atoms with van der Waals surface area (Å²) < 4.78 is 11.1. The van der Waals surface area contributed by atoms with E-state index in [1.165, 1.54) is 0 Å². The van der Waals surface area contributed by atoms with Crippen LogP contribution in [0.3, 0.4) is 0 Å². The third kappa shape index (κ3) is 4.71. The molecule has 0 bridgehead atoms. The number of hydrogen-bond donors (Lipinski definition) is 1. The summed E-state index contributed by atoms with van der Waals surface area (Å²) in [7, 11) is 1.74. The minimum atomic E-state index is -0.167. The number of nitrogens with one attached hydrogen (secondary N) is 1. The molecular weight excluding hydrogens is 354 g/mol. The zero-order chi connectivity index (χ0) is 19.9. The van der Waals surface area contributed by atoms with Crippen LogP contribution in [0.1, 0.15) is 17.0 Å². The Balaban J connectivity index is 1.50. The van der Waals surface area contributed by atoms with Gasteiger partial charge in [0.1, 0.15) is 18.1 Å². The van der Waals surface area contributed by atoms with Crippen molar-refractivity contribution in [3.8, 4) is 16.9 Å². The van der Waals surface area contributed by atoms with Crippen LogP contribution in [0.2, 0.25) is 0 Å². The van der Waals surface area contributed by atoms with Crippen LogP contribution in [-0.4, -0.2) is 36.3 Å². The number of carbonyl (C=O) groups excluding carboxylic acids is 1. The molecule has 146 valence electrons. The second-order valence-corrected chi connectivity index (χ2v) is 6.60. The standard InChI is InChI=1S/C22H25N3O3/c1-16-20(17(2)28-24-16)15-25(3)22(26)23-13-14-27-21-12-8-7-11-19(21)18-9-5-4-6-10-18/h4-12H,13-15H2,1-3H3,(H,23,26). The fourth-order valence-corrected chi connectivity index (χ4v) is 2.94. The molecule has 0 saturated heterocycles. The number of aromatic nitrogens is 1. The maximum Gasteiger partial charge on any atom is 0.317 e. The van der Waals surface area contributed by atoms with E-state index in [1.54, 1.807) is 11.9 Å². The van der Waals surface area contributed by atoms with Gasteiger partial charge in [0.2, 0.25) is 0 Å². The summed E-state index contributed by atoms with van der Waals surface area (Å²) >= 11 is 0. The van der Waals surface area contributed by atoms with E-state index in [-0.39, 0.29) is 6.03 Å². The number of urea groups is 1. The summed E-state index contributed by atoms with van der Waals surface area (Å²) in [5.41, 5.74) is 3.87. The first kappa shape index (κ1) is 19.5. The highest BCUT2D eigenvalue weighted by atomic mass is 16.5. The lowest BCUT2D eigenvalue weighted by molar-refractivity contribution is 0.203. The van der Waals surface area contributed by atoms with Crippen LogP contribution >= 0.6 is 0 Å². The summed E-state index contributed by atoms with van der Waals surface area (Å²) in [6, 6.07) is 17.8. The van der Waals surface area contributed by atoms with Gasteiger partial charge in [0, 0.05) is 18.2 Å². The number of rotatable bonds is 7. The lowest BCUT2D eigenvalue weighted by Crippen LogP contribution is -2.38. The highest BCUT2D eigenvalue weighted by Crippen LogP contribution is 2.29. The van der Waals surface area contributed by atoms with Crippen LogP contribution < -0.4 is 10.1 Å². The number of ether oxygens (including phenoxy) is 1. The minimum Gasteiger partial charge on any atom is -0.491 e. The normalized spacial score (nSPS) is 10.5. The van der Waals surface area contributed by atoms with Gasteiger partial charge in [-0.1, -0.05) is 53.7 Å². The smallest absolute Gasteiger partial charge is 0.317 e. The van der Waals surface area contributed by atoms with E-state index in [9.17, 15) is 4.79 Å². The first-order valence-corrected chi connectivity index (χ1v) is 9.24. The molecule has 0 unspecified atom stereocenters. The van der Waals surface area contributed by atoms with Crippen LogP contribution in [-0.2, 0) is 6.54 Å². The Morgan fingerprint density at radius 1 is 1.11 bits per heavy atom. The van der Waals surface area contributed by atoms with Crippen molar-refractivity contribution in [2.24, 2.45) is 0 Å². The summed E-state index contributed by atoms with van der Waals surface area (Å²) in [6.45, 7) is 4.96. The molecule has 0 aliphatic rings. The van der Waals surface area contributed by atoms with E-state index >= 15 is 0 Å². The second-order valence-electron chi connectivity index (χ2n) is 6.60. The predicted octanol–water partition coefficient (Wildman–Crippen LogP) is 4.18. The maximum atomic E-state index is 12.3. The molecule has 0 fully saturated rings. The van der Waals surface area contributed by atoms with Crippen molar-refractivity contribution < 1.29 is 14.1 Å². The maximum absolute atomic E-state index is 12.3. The van der Waals surface area contributed by atoms with Gasteiger partial charge in [-0.05, 0) is 25.5 Å². The number of aryl methyl sites for hydroxylation is 2. The SMILES string of the molecule is Cc1noc(C)c1CN(C)C(=O)NCCOc1ccccc1-c1ccccc1. The molecule has 0 aliphatic heterocycles. The van der Waals surface area contributed by atoms with Crippen molar-refractivity contribution in [3.05, 3.63) is 71.6 Å². The number of para-hydroxylation sites is 1. The van der Waals surface area contributed by atoms with Crippen LogP contribution in [0, 0.1) is 13.8 Å². The summed E-state index contributed by atoms with van der Waals surface area (Å²) in [5, 5.41) is 6.79. The topological polar surface area (TPSA) is 67.6 Å². The van der Waals surface area contributed by atoms with Crippen LogP contribution in [0.25, 0.3) is 11.1 Å². The molecule has 3 rings (SSSR count). The van der Waals surface area contributed by atoms with E-state index in [1.807, 2.05) is 68.4 Å². The van der Waals surface area contributed by atoms with Gasteiger partial charge in [0.25, 0.3) is 0 Å². The highest BCUT2D eigenvalue weighted by molar-refractivity contribution is 5.74. The van der Waals surface area contributed by atoms with Gasteiger partial charge in [-0.3, -0.25) is 0 Å². The molecule has 2 amide bonds. The van der Waals surface area contributed by atoms with Crippen molar-refractivity contribution >= 4 is 6.03 Å². The highest BCUT2D eigenvalue weighted by Gasteiger charge is 2.15. The lowest BCUT2D eigenvalue weighted by atomic mass is 10.1. The Kier molecular flexibility index (Phi) is 6.32. The first-order valence-electron chi connectivity index (χ1n) is 9.24. The third-order valence-electron chi connectivity index (χ3n) is 4.53. The second kappa shape index (κ2) is 9.08. The van der Waals surface area contributed by atoms with Crippen LogP contribution in [0.4, 0.5) is 4.79 Å². The van der Waals surface area contributed by atoms with Gasteiger partial charge in [-0.15, -0.1) is 0 Å². The molecule has 3 aromatic rings. The quantitative estimate of drug-likeness (QED) is 0.626. The lowest BCUT2D eigenvalue weighted by Gasteiger charge is -2.18. The molecule has 0 spiro atoms. The predicted molar refractivity (Wildman–Crippen MR) is 108 cm³/mol. The Bertz CT molecular complexity index is 902. The number of hydrogen-bond acceptors (Lipinski definition) is 4. The van der Waals surface area contributed by atoms with E-state index in [0.717, 1.165) is 33.9 Å². The molecular formula is C22H25N3O3. The van der Waals surface area contributed by atoms with E-state index in [2.05, 4.69) is 10.5 Å². The zero-order valence-corrected chi connectivity index (χ0v) is 16.4. The molecule has 2 aromatic carbocycles. The van der Waals surface area contributed by atoms with Gasteiger partial charge in [-0.2, -0.15) is 0 Å². The Labute approximate surface area is 165 Å². The number of carbonyl (C=O) groups is 1. The molecule has 1 aromatic heterocycles. The fourth-order valence-electron chi connectivity index (χ4n) is 2.94. The molecule has 0 radical (unpaired) electrons. The first-order chi connectivity index (χ1) is 13.6. The van der Waals surface area contributed by atoms with Crippen molar-refractivity contribution in [1.82, 2.24) is 15.4 Å². The number of nitrogens with zero attached hydrogens (tertiary/aromatic N) is 2. The summed E-state index contributed by atoms with van der Waals surface area (Å²) in [4.78, 5) is 13.9. The third-order valence-corrected chi connectivity index (χ3v) is 4.53. The fraction of sp³-hybridized carbons (Fsp3) is 0.273. The van der Waals surface area contributed by atoms with Crippen molar-refractivity contribution in [2.45, 2.75) is 20.4 Å². The van der Waals surface area contributed by atoms with Crippen LogP contribution in [0.15, 0.2) is 59.1 Å². The van der Waals surface area contributed by atoms with E-state index < -0.39 is 0 Å². The van der Waals surface area contributed by atoms with Crippen molar-refractivity contribution in [3.63, 3.8) is 0 Å². The minimum absolute atomic E-state index is 0.167. The van der Waals surface area contributed by atoms with Gasteiger partial charge < -0.3 is 19.5 Å². The van der Waals surface area contributed by atoms with Crippen molar-refractivity contribution in [1.29, 1.82) is 0 Å². The zero-order valence-electron chi connectivity index (χ0n) is 16.4. The van der Waals surface area contributed by atoms with Gasteiger partial charge in [-0.25, -0.2) is 4.79 Å². The van der Waals surface area contributed by atoms with E-state index in [0.29, 0.717) is 19.7 Å². The van der Waals surface area contributed by atoms with Gasteiger partial charge >= 0.3 is 6.03 Å².